The zero-order valence-electron chi connectivity index (χ0n) is 31.7. The number of hydrogen-bond donors (Lipinski definition) is 3. The van der Waals surface area contributed by atoms with Gasteiger partial charge in [-0.2, -0.15) is 10.2 Å². The van der Waals surface area contributed by atoms with E-state index in [0.717, 1.165) is 55.8 Å². The first-order valence-electron chi connectivity index (χ1n) is 18.7. The van der Waals surface area contributed by atoms with Crippen molar-refractivity contribution in [1.29, 1.82) is 0 Å². The maximum atomic E-state index is 13.3. The van der Waals surface area contributed by atoms with Gasteiger partial charge in [-0.3, -0.25) is 9.59 Å². The summed E-state index contributed by atoms with van der Waals surface area (Å²) in [6.07, 6.45) is 5.56. The van der Waals surface area contributed by atoms with E-state index in [1.807, 2.05) is 31.2 Å². The van der Waals surface area contributed by atoms with E-state index in [4.69, 9.17) is 38.4 Å². The SMILES string of the molecule is C=C1CCC(N2Cc3c(N=Nc4cc(C)c(OCCCNC5(C)CCN(c6cnc(-c7cccc(Cl)c7Cl)c(N)n6)CC5)c(OC)c4)cccc3C2=O)C(=O)N1. The third kappa shape index (κ3) is 8.16. The van der Waals surface area contributed by atoms with Gasteiger partial charge in [0.05, 0.1) is 41.3 Å². The van der Waals surface area contributed by atoms with Crippen LogP contribution >= 0.6 is 23.2 Å². The van der Waals surface area contributed by atoms with Crippen LogP contribution in [0.1, 0.15) is 60.5 Å². The van der Waals surface area contributed by atoms with Crippen LogP contribution in [0.5, 0.6) is 11.5 Å². The molecule has 292 valence electrons. The summed E-state index contributed by atoms with van der Waals surface area (Å²) in [5.74, 6) is 1.88. The Balaban J connectivity index is 0.903. The summed E-state index contributed by atoms with van der Waals surface area (Å²) in [6.45, 7) is 11.2. The van der Waals surface area contributed by atoms with Crippen molar-refractivity contribution in [1.82, 2.24) is 25.5 Å². The highest BCUT2D eigenvalue weighted by atomic mass is 35.5. The van der Waals surface area contributed by atoms with E-state index in [1.165, 1.54) is 0 Å². The highest BCUT2D eigenvalue weighted by molar-refractivity contribution is 6.43. The standard InChI is InChI=1S/C41H45Cl2N9O4/c1-24-20-26(49-50-31-11-6-8-27-29(31)23-52(40(27)54)32-13-12-25(2)47-39(32)53)21-33(55-4)37(24)56-19-7-16-46-41(3)14-17-51(18-15-41)34-22-45-36(38(44)48-34)28-9-5-10-30(42)35(28)43/h5-6,8-11,20-22,32,46H,2,7,12-19,23H2,1,3-4H3,(H2,44,48)(H,47,53). The summed E-state index contributed by atoms with van der Waals surface area (Å²) in [6, 6.07) is 13.9. The highest BCUT2D eigenvalue weighted by Gasteiger charge is 2.39. The summed E-state index contributed by atoms with van der Waals surface area (Å²) in [5, 5.41) is 16.4. The second kappa shape index (κ2) is 16.5. The molecule has 1 unspecified atom stereocenters. The molecular weight excluding hydrogens is 753 g/mol. The van der Waals surface area contributed by atoms with Gasteiger partial charge in [-0.15, -0.1) is 0 Å². The van der Waals surface area contributed by atoms with Gasteiger partial charge in [-0.25, -0.2) is 9.97 Å². The summed E-state index contributed by atoms with van der Waals surface area (Å²) >= 11 is 12.6. The molecule has 0 saturated carbocycles. The molecule has 7 rings (SSSR count). The number of azo groups is 1. The number of piperidine rings is 2. The number of anilines is 2. The Bertz CT molecular complexity index is 2210. The van der Waals surface area contributed by atoms with Crippen LogP contribution in [0, 0.1) is 6.92 Å². The molecular formula is C41H45Cl2N9O4. The Hall–Kier alpha value is -5.24. The topological polar surface area (TPSA) is 160 Å². The number of benzene rings is 3. The van der Waals surface area contributed by atoms with Crippen LogP contribution < -0.4 is 30.7 Å². The van der Waals surface area contributed by atoms with Crippen molar-refractivity contribution < 1.29 is 19.1 Å². The quantitative estimate of drug-likeness (QED) is 0.0956. The van der Waals surface area contributed by atoms with E-state index in [2.05, 4.69) is 49.2 Å². The molecule has 0 spiro atoms. The molecule has 3 aromatic carbocycles. The molecule has 2 saturated heterocycles. The predicted octanol–water partition coefficient (Wildman–Crippen LogP) is 7.93. The number of fused-ring (bicyclic) bond motifs is 1. The van der Waals surface area contributed by atoms with E-state index in [-0.39, 0.29) is 23.9 Å². The number of aryl methyl sites for hydroxylation is 1. The van der Waals surface area contributed by atoms with Gasteiger partial charge in [0.2, 0.25) is 5.91 Å². The fourth-order valence-electron chi connectivity index (χ4n) is 7.45. The van der Waals surface area contributed by atoms with Crippen molar-refractivity contribution in [3.8, 4) is 22.8 Å². The van der Waals surface area contributed by atoms with Gasteiger partial charge in [-0.1, -0.05) is 48.0 Å². The van der Waals surface area contributed by atoms with Gasteiger partial charge in [0.1, 0.15) is 17.6 Å². The van der Waals surface area contributed by atoms with Gasteiger partial charge >= 0.3 is 0 Å². The zero-order chi connectivity index (χ0) is 39.6. The summed E-state index contributed by atoms with van der Waals surface area (Å²) in [4.78, 5) is 39.0. The Kier molecular flexibility index (Phi) is 11.5. The second-order valence-corrected chi connectivity index (χ2v) is 15.4. The average Bonchev–Trinajstić information content (AvgIpc) is 3.52. The Labute approximate surface area is 336 Å². The number of carbonyl (C=O) groups is 2. The molecule has 4 heterocycles. The number of allylic oxidation sites excluding steroid dienone is 1. The predicted molar refractivity (Wildman–Crippen MR) is 218 cm³/mol. The minimum Gasteiger partial charge on any atom is -0.493 e. The lowest BCUT2D eigenvalue weighted by Gasteiger charge is -2.40. The summed E-state index contributed by atoms with van der Waals surface area (Å²) < 4.78 is 11.9. The molecule has 0 bridgehead atoms. The molecule has 0 aliphatic carbocycles. The molecule has 2 amide bonds. The number of hydrogen-bond acceptors (Lipinski definition) is 11. The molecule has 3 aliphatic heterocycles. The number of nitrogen functional groups attached to an aromatic ring is 1. The molecule has 15 heteroatoms. The molecule has 4 aromatic rings. The number of nitrogens with two attached hydrogens (primary N) is 1. The molecule has 1 atom stereocenters. The van der Waals surface area contributed by atoms with E-state index < -0.39 is 6.04 Å². The van der Waals surface area contributed by atoms with E-state index in [1.54, 1.807) is 42.5 Å². The number of halogens is 2. The lowest BCUT2D eigenvalue weighted by Crippen LogP contribution is -2.52. The van der Waals surface area contributed by atoms with Crippen molar-refractivity contribution in [3.63, 3.8) is 0 Å². The molecule has 3 aliphatic rings. The molecule has 0 radical (unpaired) electrons. The first-order chi connectivity index (χ1) is 26.9. The molecule has 1 aromatic heterocycles. The normalized spacial score (nSPS) is 18.0. The maximum Gasteiger partial charge on any atom is 0.255 e. The Morgan fingerprint density at radius 2 is 1.88 bits per heavy atom. The van der Waals surface area contributed by atoms with Gasteiger partial charge in [0.25, 0.3) is 5.91 Å². The summed E-state index contributed by atoms with van der Waals surface area (Å²) in [7, 11) is 1.60. The van der Waals surface area contributed by atoms with Crippen LogP contribution in [0.2, 0.25) is 10.0 Å². The number of aromatic nitrogens is 2. The van der Waals surface area contributed by atoms with Crippen molar-refractivity contribution in [2.24, 2.45) is 10.2 Å². The molecule has 56 heavy (non-hydrogen) atoms. The van der Waals surface area contributed by atoms with Gasteiger partial charge in [0.15, 0.2) is 17.3 Å². The molecule has 13 nitrogen and oxygen atoms in total. The number of rotatable bonds is 12. The number of carbonyl (C=O) groups excluding carboxylic acids is 2. The third-order valence-corrected chi connectivity index (χ3v) is 11.5. The molecule has 2 fully saturated rings. The van der Waals surface area contributed by atoms with Crippen LogP contribution in [0.25, 0.3) is 11.3 Å². The van der Waals surface area contributed by atoms with Gasteiger partial charge in [-0.05, 0) is 82.3 Å². The molecule has 4 N–H and O–H groups in total. The van der Waals surface area contributed by atoms with Gasteiger partial charge < -0.3 is 35.6 Å². The van der Waals surface area contributed by atoms with Crippen molar-refractivity contribution in [2.75, 3.05) is 44.0 Å². The lowest BCUT2D eigenvalue weighted by atomic mass is 9.89. The summed E-state index contributed by atoms with van der Waals surface area (Å²) in [5.41, 5.74) is 11.5. The largest absolute Gasteiger partial charge is 0.493 e. The number of amides is 2. The fraction of sp³-hybridized carbons (Fsp3) is 0.366. The Morgan fingerprint density at radius 1 is 1.11 bits per heavy atom. The van der Waals surface area contributed by atoms with E-state index in [9.17, 15) is 9.59 Å². The van der Waals surface area contributed by atoms with E-state index >= 15 is 0 Å². The number of nitrogens with one attached hydrogen (secondary N) is 2. The second-order valence-electron chi connectivity index (χ2n) is 14.6. The average molecular weight is 799 g/mol. The fourth-order valence-corrected chi connectivity index (χ4v) is 7.85. The number of ether oxygens (including phenoxy) is 2. The van der Waals surface area contributed by atoms with Crippen molar-refractivity contribution in [2.45, 2.75) is 64.1 Å². The lowest BCUT2D eigenvalue weighted by molar-refractivity contribution is -0.126. The monoisotopic (exact) mass is 797 g/mol. The van der Waals surface area contributed by atoms with Crippen molar-refractivity contribution >= 4 is 58.0 Å². The van der Waals surface area contributed by atoms with E-state index in [0.29, 0.717) is 80.7 Å². The van der Waals surface area contributed by atoms with Gasteiger partial charge in [0, 0.05) is 53.6 Å². The third-order valence-electron chi connectivity index (χ3n) is 10.7. The first kappa shape index (κ1) is 39.0. The van der Waals surface area contributed by atoms with Crippen LogP contribution in [0.15, 0.2) is 77.2 Å². The minimum absolute atomic E-state index is 0.0332. The van der Waals surface area contributed by atoms with Crippen LogP contribution in [0.3, 0.4) is 0 Å². The van der Waals surface area contributed by atoms with Crippen LogP contribution in [-0.4, -0.2) is 71.6 Å². The minimum atomic E-state index is -0.545. The number of nitrogens with zero attached hydrogens (tertiary/aromatic N) is 6. The smallest absolute Gasteiger partial charge is 0.255 e. The first-order valence-corrected chi connectivity index (χ1v) is 19.4. The zero-order valence-corrected chi connectivity index (χ0v) is 33.2. The van der Waals surface area contributed by atoms with Crippen LogP contribution in [-0.2, 0) is 11.3 Å². The van der Waals surface area contributed by atoms with Crippen LogP contribution in [0.4, 0.5) is 23.0 Å². The van der Waals surface area contributed by atoms with Crippen molar-refractivity contribution in [3.05, 3.63) is 93.7 Å². The number of methoxy groups -OCH3 is 1. The maximum absolute atomic E-state index is 13.3. The highest BCUT2D eigenvalue weighted by Crippen LogP contribution is 2.39. The Morgan fingerprint density at radius 3 is 2.62 bits per heavy atom.